The number of nitrogens with zero attached hydrogens (tertiary/aromatic N) is 6. The standard InChI is InChI=1S/C27H21N.C25H21N.2C23H19N.2C19H17N/c1-28(23-17-15-21(16-18-23)20-9-3-2-4-10-20)27-19-22-11-5-6-12-24(22)25-13-7-8-14-26(25)27;1-26(23-18-16-21(17-19-23)20-10-4-2-5-11-20)25-15-9-8-14-24(25)22-12-6-3-7-13-22;1-24(23-17-9-13-19-12-5-6-14-21(19)23)22-16-8-7-15-20(22)18-10-3-2-4-11-18;1-24(21-16-15-18-9-5-6-12-20(18)17-21)23-14-8-7-13-22(23)19-10-3-2-4-11-19;1-20(17-12-6-3-7-13-17)19-15-9-8-14-18(19)16-10-4-2-5-11-16;1-20(18-12-6-3-7-13-18)19-14-8-11-17(15-19)16-9-4-2-5-10-16/h2-19H,1H3;2-19H,1H3;2*2-17H,1H3;2*2-15H,1H3. The molecule has 0 aliphatic rings. The fraction of sp³-hybridized carbons (Fsp3) is 0.0441. The topological polar surface area (TPSA) is 19.4 Å². The van der Waals surface area contributed by atoms with Gasteiger partial charge in [0.2, 0.25) is 0 Å². The van der Waals surface area contributed by atoms with Crippen LogP contribution in [0.1, 0.15) is 0 Å². The number of rotatable bonds is 19. The molecule has 0 fully saturated rings. The SMILES string of the molecule is CN(c1ccc(-c2ccccc2)cc1)c1cc2ccccc2c2ccccc12.CN(c1ccc(-c2ccccc2)cc1)c1ccccc1-c1ccccc1.CN(c1ccc2ccccc2c1)c1ccccc1-c1ccccc1.CN(c1ccccc1)c1cccc(-c2ccccc2)c1.CN(c1ccccc1)c1ccccc1-c1ccccc1.CN(c1ccccc1-c1ccccc1)c1cccc2ccccc12. The van der Waals surface area contributed by atoms with Crippen molar-refractivity contribution < 1.29 is 0 Å². The van der Waals surface area contributed by atoms with E-state index >= 15 is 0 Å². The minimum Gasteiger partial charge on any atom is -0.345 e. The van der Waals surface area contributed by atoms with Gasteiger partial charge in [-0.25, -0.2) is 0 Å². The summed E-state index contributed by atoms with van der Waals surface area (Å²) in [6.07, 6.45) is 0. The molecule has 23 aromatic rings. The molecule has 688 valence electrons. The van der Waals surface area contributed by atoms with Crippen molar-refractivity contribution in [3.05, 3.63) is 582 Å². The van der Waals surface area contributed by atoms with Crippen molar-refractivity contribution in [2.75, 3.05) is 71.7 Å². The van der Waals surface area contributed by atoms with E-state index in [4.69, 9.17) is 0 Å². The van der Waals surface area contributed by atoms with E-state index in [1.165, 1.54) is 189 Å². The third-order valence-corrected chi connectivity index (χ3v) is 26.1. The zero-order chi connectivity index (χ0) is 97.0. The van der Waals surface area contributed by atoms with Crippen LogP contribution in [0.25, 0.3) is 121 Å². The molecule has 23 rings (SSSR count). The number of anilines is 12. The number of benzene rings is 23. The summed E-state index contributed by atoms with van der Waals surface area (Å²) in [4.78, 5) is 13.5. The first-order chi connectivity index (χ1) is 70.0. The molecule has 0 aliphatic heterocycles. The first-order valence-corrected chi connectivity index (χ1v) is 48.5. The van der Waals surface area contributed by atoms with Gasteiger partial charge in [-0.3, -0.25) is 0 Å². The van der Waals surface area contributed by atoms with Gasteiger partial charge in [-0.15, -0.1) is 0 Å². The van der Waals surface area contributed by atoms with Crippen molar-refractivity contribution in [2.24, 2.45) is 0 Å². The highest BCUT2D eigenvalue weighted by atomic mass is 15.1. The van der Waals surface area contributed by atoms with E-state index in [1.807, 2.05) is 30.3 Å². The molecule has 0 heterocycles. The lowest BCUT2D eigenvalue weighted by molar-refractivity contribution is 1.21. The van der Waals surface area contributed by atoms with E-state index in [2.05, 4.69) is 624 Å². The van der Waals surface area contributed by atoms with Crippen LogP contribution in [0.2, 0.25) is 0 Å². The Morgan fingerprint density at radius 1 is 0.106 bits per heavy atom. The van der Waals surface area contributed by atoms with Gasteiger partial charge in [0.1, 0.15) is 0 Å². The predicted molar refractivity (Wildman–Crippen MR) is 614 cm³/mol. The Morgan fingerprint density at radius 2 is 0.352 bits per heavy atom. The Bertz CT molecular complexity index is 7940. The zero-order valence-corrected chi connectivity index (χ0v) is 81.1. The highest BCUT2D eigenvalue weighted by Gasteiger charge is 2.19. The van der Waals surface area contributed by atoms with E-state index in [0.717, 1.165) is 0 Å². The monoisotopic (exact) mass is 1830 g/mol. The summed E-state index contributed by atoms with van der Waals surface area (Å²) >= 11 is 0. The second-order valence-electron chi connectivity index (χ2n) is 35.0. The van der Waals surface area contributed by atoms with Crippen molar-refractivity contribution in [1.29, 1.82) is 0 Å². The quantitative estimate of drug-likeness (QED) is 0.0746. The molecule has 142 heavy (non-hydrogen) atoms. The second-order valence-corrected chi connectivity index (χ2v) is 35.0. The van der Waals surface area contributed by atoms with Crippen molar-refractivity contribution in [3.63, 3.8) is 0 Å². The van der Waals surface area contributed by atoms with Gasteiger partial charge in [-0.05, 0) is 197 Å². The first kappa shape index (κ1) is 94.3. The molecule has 23 aromatic carbocycles. The van der Waals surface area contributed by atoms with Gasteiger partial charge in [0.05, 0.1) is 0 Å². The molecule has 0 saturated heterocycles. The molecule has 6 nitrogen and oxygen atoms in total. The van der Waals surface area contributed by atoms with Crippen molar-refractivity contribution in [1.82, 2.24) is 0 Å². The molecule has 0 unspecified atom stereocenters. The molecule has 0 atom stereocenters. The zero-order valence-electron chi connectivity index (χ0n) is 81.1. The fourth-order valence-corrected chi connectivity index (χ4v) is 18.4. The van der Waals surface area contributed by atoms with E-state index in [0.29, 0.717) is 0 Å². The number of para-hydroxylation sites is 6. The lowest BCUT2D eigenvalue weighted by Crippen LogP contribution is -2.11. The lowest BCUT2D eigenvalue weighted by Gasteiger charge is -2.24. The Hall–Kier alpha value is -18.1. The van der Waals surface area contributed by atoms with Gasteiger partial charge < -0.3 is 29.4 Å². The van der Waals surface area contributed by atoms with E-state index in [9.17, 15) is 0 Å². The average molecular weight is 1830 g/mol. The molecular weight excluding hydrogens is 1720 g/mol. The predicted octanol–water partition coefficient (Wildman–Crippen LogP) is 37.0. The smallest absolute Gasteiger partial charge is 0.0494 e. The highest BCUT2D eigenvalue weighted by molar-refractivity contribution is 6.14. The summed E-state index contributed by atoms with van der Waals surface area (Å²) in [5, 5.41) is 10.2. The maximum atomic E-state index is 2.29. The van der Waals surface area contributed by atoms with Crippen molar-refractivity contribution in [2.45, 2.75) is 0 Å². The molecule has 6 heteroatoms. The van der Waals surface area contributed by atoms with E-state index < -0.39 is 0 Å². The molecule has 0 bridgehead atoms. The van der Waals surface area contributed by atoms with Gasteiger partial charge in [0.25, 0.3) is 0 Å². The molecular formula is C136H114N6. The molecule has 0 aromatic heterocycles. The van der Waals surface area contributed by atoms with E-state index in [-0.39, 0.29) is 0 Å². The van der Waals surface area contributed by atoms with Gasteiger partial charge in [-0.2, -0.15) is 0 Å². The van der Waals surface area contributed by atoms with Gasteiger partial charge in [0, 0.05) is 144 Å². The molecule has 0 aliphatic carbocycles. The van der Waals surface area contributed by atoms with Crippen LogP contribution >= 0.6 is 0 Å². The largest absolute Gasteiger partial charge is 0.345 e. The third kappa shape index (κ3) is 22.9. The lowest BCUT2D eigenvalue weighted by atomic mass is 9.99. The molecule has 0 amide bonds. The van der Waals surface area contributed by atoms with Crippen LogP contribution < -0.4 is 29.4 Å². The minimum absolute atomic E-state index is 1.17. The normalized spacial score (nSPS) is 10.6. The summed E-state index contributed by atoms with van der Waals surface area (Å²) in [5.41, 5.74) is 31.8. The first-order valence-electron chi connectivity index (χ1n) is 48.5. The Labute approximate surface area is 837 Å². The maximum Gasteiger partial charge on any atom is 0.0494 e. The Balaban J connectivity index is 0.000000113. The number of hydrogen-bond acceptors (Lipinski definition) is 6. The van der Waals surface area contributed by atoms with Crippen molar-refractivity contribution >= 4 is 111 Å². The van der Waals surface area contributed by atoms with Gasteiger partial charge in [0.15, 0.2) is 0 Å². The van der Waals surface area contributed by atoms with Crippen LogP contribution in [0, 0.1) is 0 Å². The average Bonchev–Trinajstić information content (AvgIpc) is 0.761. The van der Waals surface area contributed by atoms with Gasteiger partial charge >= 0.3 is 0 Å². The Kier molecular flexibility index (Phi) is 31.0. The van der Waals surface area contributed by atoms with Gasteiger partial charge in [-0.1, -0.05) is 473 Å². The molecule has 0 radical (unpaired) electrons. The molecule has 0 spiro atoms. The van der Waals surface area contributed by atoms with Crippen LogP contribution in [-0.2, 0) is 0 Å². The summed E-state index contributed by atoms with van der Waals surface area (Å²) in [6, 6.07) is 204. The van der Waals surface area contributed by atoms with Crippen LogP contribution in [0.3, 0.4) is 0 Å². The summed E-state index contributed by atoms with van der Waals surface area (Å²) in [5.74, 6) is 0. The Morgan fingerprint density at radius 3 is 0.782 bits per heavy atom. The second kappa shape index (κ2) is 46.6. The minimum atomic E-state index is 1.17. The molecule has 0 saturated carbocycles. The van der Waals surface area contributed by atoms with Crippen LogP contribution in [0.15, 0.2) is 582 Å². The van der Waals surface area contributed by atoms with E-state index in [1.54, 1.807) is 0 Å². The number of fused-ring (bicyclic) bond motifs is 5. The molecule has 0 N–H and O–H groups in total. The highest BCUT2D eigenvalue weighted by Crippen LogP contribution is 2.43. The van der Waals surface area contributed by atoms with Crippen LogP contribution in [0.4, 0.5) is 68.2 Å². The summed E-state index contributed by atoms with van der Waals surface area (Å²) in [6.45, 7) is 0. The van der Waals surface area contributed by atoms with Crippen molar-refractivity contribution in [3.8, 4) is 77.9 Å². The van der Waals surface area contributed by atoms with Crippen LogP contribution in [-0.4, -0.2) is 42.3 Å². The van der Waals surface area contributed by atoms with Crippen LogP contribution in [0.5, 0.6) is 0 Å². The summed E-state index contributed by atoms with van der Waals surface area (Å²) < 4.78 is 0. The fourth-order valence-electron chi connectivity index (χ4n) is 18.4. The summed E-state index contributed by atoms with van der Waals surface area (Å²) in [7, 11) is 12.7. The third-order valence-electron chi connectivity index (χ3n) is 26.1. The number of hydrogen-bond donors (Lipinski definition) is 0. The maximum absolute atomic E-state index is 2.29.